The quantitative estimate of drug-likeness (QED) is 0.188. The van der Waals surface area contributed by atoms with Crippen LogP contribution in [-0.2, 0) is 10.2 Å². The minimum Gasteiger partial charge on any atom is -0.493 e. The summed E-state index contributed by atoms with van der Waals surface area (Å²) in [6.07, 6.45) is -0.430. The molecule has 0 saturated heterocycles. The Kier molecular flexibility index (Phi) is 12.7. The van der Waals surface area contributed by atoms with Crippen LogP contribution in [0.25, 0.3) is 0 Å². The van der Waals surface area contributed by atoms with Crippen LogP contribution in [0.4, 0.5) is 4.79 Å². The molecule has 0 bridgehead atoms. The number of aliphatic imine (C=N–C) groups is 1. The monoisotopic (exact) mass is 550 g/mol. The molecule has 9 heteroatoms. The summed E-state index contributed by atoms with van der Waals surface area (Å²) in [5.41, 5.74) is 0.381. The van der Waals surface area contributed by atoms with E-state index >= 15 is 0 Å². The van der Waals surface area contributed by atoms with Gasteiger partial charge in [0.2, 0.25) is 0 Å². The molecule has 0 saturated carbocycles. The maximum Gasteiger partial charge on any atom is 0.407 e. The molecule has 0 spiro atoms. The number of methoxy groups -OCH3 is 2. The fraction of sp³-hybridized carbons (Fsp3) is 0.636. The third kappa shape index (κ3) is 10.8. The minimum absolute atomic E-state index is 0. The van der Waals surface area contributed by atoms with E-state index in [1.54, 1.807) is 14.2 Å². The Hall–Kier alpha value is -1.91. The van der Waals surface area contributed by atoms with Crippen LogP contribution in [0.3, 0.4) is 0 Å². The summed E-state index contributed by atoms with van der Waals surface area (Å²) >= 11 is 0. The number of amides is 1. The van der Waals surface area contributed by atoms with E-state index in [4.69, 9.17) is 19.2 Å². The van der Waals surface area contributed by atoms with Gasteiger partial charge in [-0.15, -0.1) is 24.0 Å². The van der Waals surface area contributed by atoms with E-state index in [9.17, 15) is 4.79 Å². The van der Waals surface area contributed by atoms with Crippen LogP contribution in [0.15, 0.2) is 23.2 Å². The normalized spacial score (nSPS) is 11.8. The average molecular weight is 550 g/mol. The van der Waals surface area contributed by atoms with Gasteiger partial charge < -0.3 is 30.2 Å². The Labute approximate surface area is 203 Å². The van der Waals surface area contributed by atoms with Crippen molar-refractivity contribution in [2.24, 2.45) is 4.99 Å². The number of benzene rings is 1. The molecular formula is C22H39IN4O4. The molecule has 1 amide bonds. The number of alkyl carbamates (subject to hydrolysis) is 1. The Morgan fingerprint density at radius 2 is 1.58 bits per heavy atom. The standard InChI is InChI=1S/C22H38N4O4.HI/c1-9-23-19(24-12-13-25-20(27)30-21(2,3)4)26-15-22(5,6)16-10-11-17(28-7)18(14-16)29-8;/h10-11,14H,9,12-13,15H2,1-8H3,(H,25,27)(H2,23,24,26);1H. The van der Waals surface area contributed by atoms with Crippen LogP contribution < -0.4 is 25.4 Å². The van der Waals surface area contributed by atoms with Gasteiger partial charge in [-0.2, -0.15) is 0 Å². The molecule has 0 unspecified atom stereocenters. The molecule has 0 aromatic heterocycles. The zero-order chi connectivity index (χ0) is 22.8. The van der Waals surface area contributed by atoms with Gasteiger partial charge in [-0.05, 0) is 45.4 Å². The summed E-state index contributed by atoms with van der Waals surface area (Å²) in [5, 5.41) is 9.18. The number of hydrogen-bond acceptors (Lipinski definition) is 5. The lowest BCUT2D eigenvalue weighted by atomic mass is 9.84. The van der Waals surface area contributed by atoms with Crippen molar-refractivity contribution in [2.75, 3.05) is 40.4 Å². The fourth-order valence-electron chi connectivity index (χ4n) is 2.63. The van der Waals surface area contributed by atoms with Gasteiger partial charge in [-0.1, -0.05) is 19.9 Å². The lowest BCUT2D eigenvalue weighted by molar-refractivity contribution is 0.0529. The van der Waals surface area contributed by atoms with Gasteiger partial charge >= 0.3 is 6.09 Å². The number of rotatable bonds is 9. The molecule has 0 aliphatic carbocycles. The van der Waals surface area contributed by atoms with Crippen molar-refractivity contribution in [3.63, 3.8) is 0 Å². The van der Waals surface area contributed by atoms with Crippen LogP contribution in [0, 0.1) is 0 Å². The topological polar surface area (TPSA) is 93.2 Å². The first-order chi connectivity index (χ1) is 14.0. The molecule has 0 radical (unpaired) electrons. The SMILES string of the molecule is CCNC(=NCC(C)(C)c1ccc(OC)c(OC)c1)NCCNC(=O)OC(C)(C)C.I. The summed E-state index contributed by atoms with van der Waals surface area (Å²) in [6, 6.07) is 5.92. The lowest BCUT2D eigenvalue weighted by Gasteiger charge is -2.25. The summed E-state index contributed by atoms with van der Waals surface area (Å²) < 4.78 is 16.0. The smallest absolute Gasteiger partial charge is 0.407 e. The van der Waals surface area contributed by atoms with Crippen molar-refractivity contribution in [3.05, 3.63) is 23.8 Å². The first-order valence-corrected chi connectivity index (χ1v) is 10.2. The zero-order valence-electron chi connectivity index (χ0n) is 20.0. The Morgan fingerprint density at radius 1 is 0.968 bits per heavy atom. The highest BCUT2D eigenvalue weighted by atomic mass is 127. The number of nitrogens with zero attached hydrogens (tertiary/aromatic N) is 1. The molecular weight excluding hydrogens is 511 g/mol. The van der Waals surface area contributed by atoms with E-state index in [0.717, 1.165) is 12.1 Å². The van der Waals surface area contributed by atoms with Crippen LogP contribution in [0.2, 0.25) is 0 Å². The predicted octanol–water partition coefficient (Wildman–Crippen LogP) is 3.68. The maximum atomic E-state index is 11.7. The number of nitrogens with one attached hydrogen (secondary N) is 3. The van der Waals surface area contributed by atoms with Crippen LogP contribution in [0.5, 0.6) is 11.5 Å². The predicted molar refractivity (Wildman–Crippen MR) is 136 cm³/mol. The molecule has 3 N–H and O–H groups in total. The molecule has 0 aliphatic heterocycles. The van der Waals surface area contributed by atoms with Gasteiger partial charge in [0.25, 0.3) is 0 Å². The van der Waals surface area contributed by atoms with Crippen molar-refractivity contribution in [1.29, 1.82) is 0 Å². The number of ether oxygens (including phenoxy) is 3. The van der Waals surface area contributed by atoms with Gasteiger partial charge in [-0.3, -0.25) is 4.99 Å². The molecule has 8 nitrogen and oxygen atoms in total. The molecule has 0 aliphatic rings. The zero-order valence-corrected chi connectivity index (χ0v) is 22.4. The van der Waals surface area contributed by atoms with Crippen molar-refractivity contribution in [2.45, 2.75) is 52.6 Å². The molecule has 1 aromatic carbocycles. The van der Waals surface area contributed by atoms with Gasteiger partial charge in [0, 0.05) is 25.0 Å². The summed E-state index contributed by atoms with van der Waals surface area (Å²) in [4.78, 5) is 16.4. The third-order valence-corrected chi connectivity index (χ3v) is 4.23. The van der Waals surface area contributed by atoms with E-state index in [1.807, 2.05) is 45.9 Å². The van der Waals surface area contributed by atoms with Crippen molar-refractivity contribution in [1.82, 2.24) is 16.0 Å². The highest BCUT2D eigenvalue weighted by Crippen LogP contribution is 2.33. The molecule has 0 atom stereocenters. The summed E-state index contributed by atoms with van der Waals surface area (Å²) in [7, 11) is 3.25. The van der Waals surface area contributed by atoms with Crippen LogP contribution in [0.1, 0.15) is 47.1 Å². The molecule has 1 aromatic rings. The van der Waals surface area contributed by atoms with Crippen molar-refractivity contribution in [3.8, 4) is 11.5 Å². The van der Waals surface area contributed by atoms with Gasteiger partial charge in [0.15, 0.2) is 17.5 Å². The number of hydrogen-bond donors (Lipinski definition) is 3. The van der Waals surface area contributed by atoms with E-state index in [1.165, 1.54) is 0 Å². The second-order valence-electron chi connectivity index (χ2n) is 8.50. The first kappa shape index (κ1) is 29.1. The average Bonchev–Trinajstić information content (AvgIpc) is 2.67. The lowest BCUT2D eigenvalue weighted by Crippen LogP contribution is -2.43. The molecule has 31 heavy (non-hydrogen) atoms. The van der Waals surface area contributed by atoms with E-state index in [-0.39, 0.29) is 29.4 Å². The number of carbonyl (C=O) groups excluding carboxylic acids is 1. The molecule has 1 rings (SSSR count). The second-order valence-corrected chi connectivity index (χ2v) is 8.50. The maximum absolute atomic E-state index is 11.7. The van der Waals surface area contributed by atoms with E-state index in [0.29, 0.717) is 37.1 Å². The highest BCUT2D eigenvalue weighted by molar-refractivity contribution is 14.0. The number of guanidine groups is 1. The first-order valence-electron chi connectivity index (χ1n) is 10.2. The third-order valence-electron chi connectivity index (χ3n) is 4.23. The highest BCUT2D eigenvalue weighted by Gasteiger charge is 2.22. The van der Waals surface area contributed by atoms with Crippen molar-refractivity contribution < 1.29 is 19.0 Å². The van der Waals surface area contributed by atoms with Gasteiger partial charge in [0.05, 0.1) is 20.8 Å². The number of carbonyl (C=O) groups is 1. The largest absolute Gasteiger partial charge is 0.493 e. The minimum atomic E-state index is -0.510. The Morgan fingerprint density at radius 3 is 2.13 bits per heavy atom. The molecule has 0 heterocycles. The molecule has 178 valence electrons. The van der Waals surface area contributed by atoms with Crippen molar-refractivity contribution >= 4 is 36.0 Å². The second kappa shape index (κ2) is 13.5. The van der Waals surface area contributed by atoms with Crippen LogP contribution in [-0.4, -0.2) is 58.1 Å². The fourth-order valence-corrected chi connectivity index (χ4v) is 2.63. The van der Waals surface area contributed by atoms with E-state index < -0.39 is 11.7 Å². The Bertz CT molecular complexity index is 718. The van der Waals surface area contributed by atoms with E-state index in [2.05, 4.69) is 29.8 Å². The molecule has 0 fully saturated rings. The summed E-state index contributed by atoms with van der Waals surface area (Å²) in [6.45, 7) is 14.0. The van der Waals surface area contributed by atoms with Gasteiger partial charge in [0.1, 0.15) is 5.60 Å². The number of halogens is 1. The van der Waals surface area contributed by atoms with Gasteiger partial charge in [-0.25, -0.2) is 4.79 Å². The van der Waals surface area contributed by atoms with Crippen LogP contribution >= 0.6 is 24.0 Å². The Balaban J connectivity index is 0.00000900. The summed E-state index contributed by atoms with van der Waals surface area (Å²) in [5.74, 6) is 2.09.